The lowest BCUT2D eigenvalue weighted by Crippen LogP contribution is -2.48. The van der Waals surface area contributed by atoms with Crippen molar-refractivity contribution < 1.29 is 9.32 Å². The zero-order chi connectivity index (χ0) is 18.5. The average Bonchev–Trinajstić information content (AvgIpc) is 3.39. The number of thiophene rings is 1. The van der Waals surface area contributed by atoms with Crippen LogP contribution in [0.4, 0.5) is 0 Å². The molecule has 27 heavy (non-hydrogen) atoms. The van der Waals surface area contributed by atoms with Crippen molar-refractivity contribution in [1.29, 1.82) is 0 Å². The number of piperazine rings is 1. The summed E-state index contributed by atoms with van der Waals surface area (Å²) in [5.41, 5.74) is 0. The molecule has 0 saturated carbocycles. The predicted octanol–water partition coefficient (Wildman–Crippen LogP) is 2.22. The monoisotopic (exact) mass is 389 g/mol. The van der Waals surface area contributed by atoms with Crippen LogP contribution in [0.1, 0.15) is 31.6 Å². The van der Waals surface area contributed by atoms with Gasteiger partial charge in [-0.2, -0.15) is 4.98 Å². The maximum atomic E-state index is 12.5. The molecule has 4 heterocycles. The lowest BCUT2D eigenvalue weighted by Gasteiger charge is -2.34. The number of hydrogen-bond donors (Lipinski definition) is 1. The third kappa shape index (κ3) is 4.94. The van der Waals surface area contributed by atoms with Crippen LogP contribution in [0.3, 0.4) is 0 Å². The van der Waals surface area contributed by atoms with Crippen molar-refractivity contribution >= 4 is 17.2 Å². The molecule has 2 aromatic heterocycles. The number of nitrogens with zero attached hydrogens (tertiary/aromatic N) is 4. The first-order valence-corrected chi connectivity index (χ1v) is 10.7. The summed E-state index contributed by atoms with van der Waals surface area (Å²) in [6.07, 6.45) is 4.14. The summed E-state index contributed by atoms with van der Waals surface area (Å²) in [5.74, 6) is 2.33. The summed E-state index contributed by atoms with van der Waals surface area (Å²) in [6, 6.07) is 3.98. The molecule has 8 heteroatoms. The quantitative estimate of drug-likeness (QED) is 0.817. The summed E-state index contributed by atoms with van der Waals surface area (Å²) in [5, 5.41) is 9.45. The second-order valence-electron chi connectivity index (χ2n) is 7.38. The Labute approximate surface area is 163 Å². The highest BCUT2D eigenvalue weighted by molar-refractivity contribution is 7.13. The minimum atomic E-state index is 0.311. The molecule has 0 unspecified atom stereocenters. The largest absolute Gasteiger partial charge is 0.340 e. The van der Waals surface area contributed by atoms with Crippen LogP contribution < -0.4 is 5.32 Å². The number of amides is 1. The molecule has 1 N–H and O–H groups in total. The molecule has 2 aromatic rings. The molecule has 0 radical (unpaired) electrons. The lowest BCUT2D eigenvalue weighted by molar-refractivity contribution is -0.133. The van der Waals surface area contributed by atoms with Gasteiger partial charge >= 0.3 is 0 Å². The predicted molar refractivity (Wildman–Crippen MR) is 104 cm³/mol. The van der Waals surface area contributed by atoms with Crippen molar-refractivity contribution in [3.8, 4) is 10.7 Å². The normalized spacial score (nSPS) is 19.5. The first kappa shape index (κ1) is 18.6. The number of hydrogen-bond acceptors (Lipinski definition) is 7. The zero-order valence-corrected chi connectivity index (χ0v) is 16.4. The molecule has 0 spiro atoms. The zero-order valence-electron chi connectivity index (χ0n) is 15.6. The number of nitrogens with one attached hydrogen (secondary N) is 1. The van der Waals surface area contributed by atoms with E-state index in [2.05, 4.69) is 20.4 Å². The molecule has 2 saturated heterocycles. The van der Waals surface area contributed by atoms with Crippen molar-refractivity contribution in [2.75, 3.05) is 39.3 Å². The lowest BCUT2D eigenvalue weighted by atomic mass is 9.93. The van der Waals surface area contributed by atoms with E-state index in [1.165, 1.54) is 12.8 Å². The maximum absolute atomic E-state index is 12.5. The van der Waals surface area contributed by atoms with Crippen LogP contribution >= 0.6 is 11.3 Å². The van der Waals surface area contributed by atoms with E-state index in [1.807, 2.05) is 22.4 Å². The fraction of sp³-hybridized carbons (Fsp3) is 0.632. The van der Waals surface area contributed by atoms with Crippen LogP contribution in [-0.2, 0) is 11.3 Å². The van der Waals surface area contributed by atoms with Crippen LogP contribution in [0.15, 0.2) is 22.0 Å². The van der Waals surface area contributed by atoms with Gasteiger partial charge in [-0.25, -0.2) is 0 Å². The summed E-state index contributed by atoms with van der Waals surface area (Å²) in [4.78, 5) is 22.3. The first-order valence-electron chi connectivity index (χ1n) is 9.85. The fourth-order valence-corrected chi connectivity index (χ4v) is 4.48. The fourth-order valence-electron chi connectivity index (χ4n) is 3.83. The van der Waals surface area contributed by atoms with Gasteiger partial charge in [-0.1, -0.05) is 11.2 Å². The van der Waals surface area contributed by atoms with Crippen LogP contribution in [0.5, 0.6) is 0 Å². The van der Waals surface area contributed by atoms with Gasteiger partial charge in [-0.05, 0) is 49.7 Å². The molecule has 7 nitrogen and oxygen atoms in total. The van der Waals surface area contributed by atoms with Gasteiger partial charge in [0.25, 0.3) is 0 Å². The molecule has 0 aromatic carbocycles. The molecule has 4 rings (SSSR count). The Morgan fingerprint density at radius 2 is 2.07 bits per heavy atom. The van der Waals surface area contributed by atoms with Gasteiger partial charge in [-0.3, -0.25) is 9.69 Å². The number of rotatable bonds is 6. The van der Waals surface area contributed by atoms with E-state index in [1.54, 1.807) is 11.3 Å². The average molecular weight is 390 g/mol. The van der Waals surface area contributed by atoms with Crippen molar-refractivity contribution in [3.63, 3.8) is 0 Å². The molecule has 0 atom stereocenters. The third-order valence-corrected chi connectivity index (χ3v) is 6.38. The second-order valence-corrected chi connectivity index (χ2v) is 8.33. The van der Waals surface area contributed by atoms with Gasteiger partial charge in [0, 0.05) is 32.6 Å². The molecule has 2 aliphatic rings. The maximum Gasteiger partial charge on any atom is 0.241 e. The van der Waals surface area contributed by atoms with Gasteiger partial charge in [-0.15, -0.1) is 11.3 Å². The van der Waals surface area contributed by atoms with Gasteiger partial charge < -0.3 is 14.7 Å². The van der Waals surface area contributed by atoms with E-state index in [0.29, 0.717) is 36.5 Å². The SMILES string of the molecule is O=C(CCC1CCNCC1)N1CCN(Cc2nc(-c3cccs3)no2)CC1. The number of aromatic nitrogens is 2. The third-order valence-electron chi connectivity index (χ3n) is 5.52. The first-order chi connectivity index (χ1) is 13.3. The van der Waals surface area contributed by atoms with Crippen LogP contribution in [0, 0.1) is 5.92 Å². The molecular weight excluding hydrogens is 362 g/mol. The number of carbonyl (C=O) groups is 1. The topological polar surface area (TPSA) is 74.5 Å². The van der Waals surface area contributed by atoms with E-state index in [0.717, 1.165) is 50.6 Å². The Balaban J connectivity index is 1.20. The van der Waals surface area contributed by atoms with Gasteiger partial charge in [0.15, 0.2) is 0 Å². The second kappa shape index (κ2) is 8.95. The van der Waals surface area contributed by atoms with Crippen LogP contribution in [-0.4, -0.2) is 65.1 Å². The van der Waals surface area contributed by atoms with Crippen molar-refractivity contribution in [3.05, 3.63) is 23.4 Å². The molecule has 2 aliphatic heterocycles. The van der Waals surface area contributed by atoms with Crippen molar-refractivity contribution in [2.45, 2.75) is 32.2 Å². The minimum Gasteiger partial charge on any atom is -0.340 e. The number of carbonyl (C=O) groups excluding carboxylic acids is 1. The highest BCUT2D eigenvalue weighted by atomic mass is 32.1. The van der Waals surface area contributed by atoms with Gasteiger partial charge in [0.05, 0.1) is 11.4 Å². The van der Waals surface area contributed by atoms with E-state index < -0.39 is 0 Å². The molecule has 1 amide bonds. The molecule has 2 fully saturated rings. The summed E-state index contributed by atoms with van der Waals surface area (Å²) < 4.78 is 5.39. The highest BCUT2D eigenvalue weighted by Gasteiger charge is 2.23. The van der Waals surface area contributed by atoms with E-state index in [4.69, 9.17) is 4.52 Å². The Kier molecular flexibility index (Phi) is 6.16. The Morgan fingerprint density at radius 1 is 1.26 bits per heavy atom. The summed E-state index contributed by atoms with van der Waals surface area (Å²) in [7, 11) is 0. The Bertz CT molecular complexity index is 718. The van der Waals surface area contributed by atoms with E-state index in [9.17, 15) is 4.79 Å². The number of piperidine rings is 1. The molecular formula is C19H27N5O2S. The van der Waals surface area contributed by atoms with Crippen LogP contribution in [0.2, 0.25) is 0 Å². The summed E-state index contributed by atoms with van der Waals surface area (Å²) in [6.45, 7) is 6.14. The molecule has 0 aliphatic carbocycles. The Hall–Kier alpha value is -1.77. The van der Waals surface area contributed by atoms with E-state index >= 15 is 0 Å². The summed E-state index contributed by atoms with van der Waals surface area (Å²) >= 11 is 1.61. The van der Waals surface area contributed by atoms with Gasteiger partial charge in [0.1, 0.15) is 0 Å². The van der Waals surface area contributed by atoms with Gasteiger partial charge in [0.2, 0.25) is 17.6 Å². The van der Waals surface area contributed by atoms with Crippen molar-refractivity contribution in [1.82, 2.24) is 25.3 Å². The van der Waals surface area contributed by atoms with Crippen molar-refractivity contribution in [2.24, 2.45) is 5.92 Å². The molecule has 0 bridgehead atoms. The Morgan fingerprint density at radius 3 is 2.81 bits per heavy atom. The molecule has 146 valence electrons. The van der Waals surface area contributed by atoms with E-state index in [-0.39, 0.29) is 0 Å². The smallest absolute Gasteiger partial charge is 0.241 e. The minimum absolute atomic E-state index is 0.311. The standard InChI is InChI=1S/C19H27N5O2S/c25-18(4-3-15-5-7-20-8-6-15)24-11-9-23(10-12-24)14-17-21-19(22-26-17)16-2-1-13-27-16/h1-2,13,15,20H,3-12,14H2. The van der Waals surface area contributed by atoms with Crippen LogP contribution in [0.25, 0.3) is 10.7 Å². The highest BCUT2D eigenvalue weighted by Crippen LogP contribution is 2.22.